The maximum atomic E-state index is 12.6. The molecule has 2 nitrogen and oxygen atoms in total. The Kier molecular flexibility index (Phi) is 4.56. The minimum atomic E-state index is -4.73. The number of hydrogen-bond donors (Lipinski definition) is 1. The van der Waals surface area contributed by atoms with Gasteiger partial charge in [-0.2, -0.15) is 26.3 Å². The van der Waals surface area contributed by atoms with E-state index in [2.05, 4.69) is 0 Å². The second-order valence-corrected chi connectivity index (χ2v) is 3.69. The highest BCUT2D eigenvalue weighted by Crippen LogP contribution is 2.31. The summed E-state index contributed by atoms with van der Waals surface area (Å²) in [5, 5.41) is 1.76. The van der Waals surface area contributed by atoms with E-state index in [9.17, 15) is 31.1 Å². The fraction of sp³-hybridized carbons (Fsp3) is 0.364. The van der Waals surface area contributed by atoms with Crippen LogP contribution in [0.5, 0.6) is 0 Å². The third-order valence-corrected chi connectivity index (χ3v) is 2.14. The van der Waals surface area contributed by atoms with Gasteiger partial charge in [0.2, 0.25) is 0 Å². The monoisotopic (exact) mass is 285 g/mol. The molecule has 0 spiro atoms. The molecule has 0 atom stereocenters. The van der Waals surface area contributed by atoms with Crippen molar-refractivity contribution in [2.75, 3.05) is 13.1 Å². The van der Waals surface area contributed by atoms with Gasteiger partial charge in [-0.3, -0.25) is 4.79 Å². The van der Waals surface area contributed by atoms with Gasteiger partial charge in [-0.15, -0.1) is 0 Å². The van der Waals surface area contributed by atoms with Crippen molar-refractivity contribution in [1.82, 2.24) is 5.32 Å². The number of alkyl halides is 6. The molecule has 1 rings (SSSR count). The molecular weight excluding hydrogens is 276 g/mol. The van der Waals surface area contributed by atoms with E-state index in [4.69, 9.17) is 0 Å². The minimum absolute atomic E-state index is 0.648. The molecule has 0 bridgehead atoms. The van der Waals surface area contributed by atoms with Crippen LogP contribution >= 0.6 is 0 Å². The smallest absolute Gasteiger partial charge is 0.302 e. The Bertz CT molecular complexity index is 451. The van der Waals surface area contributed by atoms with E-state index in [1.54, 1.807) is 5.32 Å². The molecule has 0 radical (unpaired) electrons. The molecule has 1 N–H and O–H groups in total. The molecule has 0 fully saturated rings. The van der Waals surface area contributed by atoms with Crippen LogP contribution in [0.3, 0.4) is 0 Å². The van der Waals surface area contributed by atoms with Crippen LogP contribution in [0.25, 0.3) is 0 Å². The van der Waals surface area contributed by atoms with Crippen LogP contribution < -0.4 is 5.32 Å². The molecule has 0 aliphatic heterocycles. The summed E-state index contributed by atoms with van der Waals surface area (Å²) in [6.07, 6.45) is -9.25. The first-order valence-electron chi connectivity index (χ1n) is 5.08. The predicted octanol–water partition coefficient (Wildman–Crippen LogP) is 3.04. The van der Waals surface area contributed by atoms with E-state index in [0.717, 1.165) is 12.1 Å². The molecule has 0 aromatic heterocycles. The molecule has 0 saturated carbocycles. The van der Waals surface area contributed by atoms with E-state index < -0.39 is 42.4 Å². The summed E-state index contributed by atoms with van der Waals surface area (Å²) in [6, 6.07) is 3.95. The molecule has 0 saturated heterocycles. The summed E-state index contributed by atoms with van der Waals surface area (Å²) < 4.78 is 73.2. The van der Waals surface area contributed by atoms with Gasteiger partial charge in [0.15, 0.2) is 5.78 Å². The summed E-state index contributed by atoms with van der Waals surface area (Å²) in [5.74, 6) is -1.04. The van der Waals surface area contributed by atoms with Crippen molar-refractivity contribution in [3.05, 3.63) is 35.4 Å². The molecule has 0 heterocycles. The van der Waals surface area contributed by atoms with Crippen molar-refractivity contribution in [1.29, 1.82) is 0 Å². The Labute approximate surface area is 104 Å². The van der Waals surface area contributed by atoms with E-state index in [0.29, 0.717) is 6.07 Å². The number of nitrogens with one attached hydrogen (secondary N) is 1. The third kappa shape index (κ3) is 4.90. The molecule has 8 heteroatoms. The number of carbonyl (C=O) groups excluding carboxylic acids is 1. The lowest BCUT2D eigenvalue weighted by Gasteiger charge is -2.12. The van der Waals surface area contributed by atoms with Gasteiger partial charge in [0, 0.05) is 5.56 Å². The number of halogens is 6. The van der Waals surface area contributed by atoms with Crippen LogP contribution in [-0.4, -0.2) is 25.0 Å². The summed E-state index contributed by atoms with van der Waals surface area (Å²) in [5.41, 5.74) is -1.81. The second-order valence-electron chi connectivity index (χ2n) is 3.69. The van der Waals surface area contributed by atoms with Gasteiger partial charge in [-0.05, 0) is 6.07 Å². The Morgan fingerprint density at radius 2 is 1.63 bits per heavy atom. The normalized spacial score (nSPS) is 12.5. The molecule has 0 aliphatic carbocycles. The highest BCUT2D eigenvalue weighted by molar-refractivity contribution is 5.99. The molecule has 0 aliphatic rings. The highest BCUT2D eigenvalue weighted by atomic mass is 19.4. The SMILES string of the molecule is O=C(CNCC(F)(F)F)c1ccccc1C(F)(F)F. The van der Waals surface area contributed by atoms with Crippen molar-refractivity contribution < 1.29 is 31.1 Å². The number of carbonyl (C=O) groups is 1. The Morgan fingerprint density at radius 1 is 1.05 bits per heavy atom. The van der Waals surface area contributed by atoms with Gasteiger partial charge in [0.1, 0.15) is 0 Å². The number of benzene rings is 1. The summed E-state index contributed by atoms with van der Waals surface area (Å²) in [7, 11) is 0. The van der Waals surface area contributed by atoms with Crippen LogP contribution in [0.4, 0.5) is 26.3 Å². The van der Waals surface area contributed by atoms with Crippen molar-refractivity contribution in [3.8, 4) is 0 Å². The molecular formula is C11H9F6NO. The van der Waals surface area contributed by atoms with Gasteiger partial charge in [-0.1, -0.05) is 18.2 Å². The zero-order valence-electron chi connectivity index (χ0n) is 9.40. The van der Waals surface area contributed by atoms with E-state index in [-0.39, 0.29) is 0 Å². The van der Waals surface area contributed by atoms with Crippen molar-refractivity contribution >= 4 is 5.78 Å². The number of Topliss-reactive ketones (excluding diaryl/α,β-unsaturated/α-hetero) is 1. The number of ketones is 1. The zero-order chi connectivity index (χ0) is 14.7. The maximum absolute atomic E-state index is 12.6. The lowest BCUT2D eigenvalue weighted by molar-refractivity contribution is -0.138. The van der Waals surface area contributed by atoms with Gasteiger partial charge >= 0.3 is 12.4 Å². The predicted molar refractivity (Wildman–Crippen MR) is 54.7 cm³/mol. The third-order valence-electron chi connectivity index (χ3n) is 2.14. The maximum Gasteiger partial charge on any atom is 0.417 e. The number of rotatable bonds is 4. The average molecular weight is 285 g/mol. The van der Waals surface area contributed by atoms with Gasteiger partial charge in [0.25, 0.3) is 0 Å². The Balaban J connectivity index is 2.78. The summed E-state index contributed by atoms with van der Waals surface area (Å²) in [4.78, 5) is 11.5. The van der Waals surface area contributed by atoms with Crippen LogP contribution in [0, 0.1) is 0 Å². The lowest BCUT2D eigenvalue weighted by atomic mass is 10.0. The van der Waals surface area contributed by atoms with Gasteiger partial charge < -0.3 is 5.32 Å². The molecule has 19 heavy (non-hydrogen) atoms. The van der Waals surface area contributed by atoms with Crippen LogP contribution in [-0.2, 0) is 6.18 Å². The van der Waals surface area contributed by atoms with E-state index in [1.165, 1.54) is 6.07 Å². The zero-order valence-corrected chi connectivity index (χ0v) is 9.40. The van der Waals surface area contributed by atoms with Crippen molar-refractivity contribution in [2.24, 2.45) is 0 Å². The quantitative estimate of drug-likeness (QED) is 0.680. The molecule has 106 valence electrons. The highest BCUT2D eigenvalue weighted by Gasteiger charge is 2.34. The summed E-state index contributed by atoms with van der Waals surface area (Å²) in [6.45, 7) is -2.25. The Hall–Kier alpha value is -1.57. The van der Waals surface area contributed by atoms with E-state index >= 15 is 0 Å². The van der Waals surface area contributed by atoms with Gasteiger partial charge in [-0.25, -0.2) is 0 Å². The van der Waals surface area contributed by atoms with Crippen LogP contribution in [0.1, 0.15) is 15.9 Å². The lowest BCUT2D eigenvalue weighted by Crippen LogP contribution is -2.33. The second kappa shape index (κ2) is 5.60. The fourth-order valence-corrected chi connectivity index (χ4v) is 1.39. The van der Waals surface area contributed by atoms with Crippen LogP contribution in [0.15, 0.2) is 24.3 Å². The first-order valence-corrected chi connectivity index (χ1v) is 5.08. The van der Waals surface area contributed by atoms with Crippen molar-refractivity contribution in [2.45, 2.75) is 12.4 Å². The topological polar surface area (TPSA) is 29.1 Å². The molecule has 0 unspecified atom stereocenters. The first-order chi connectivity index (χ1) is 8.61. The fourth-order valence-electron chi connectivity index (χ4n) is 1.39. The molecule has 1 aromatic rings. The largest absolute Gasteiger partial charge is 0.417 e. The average Bonchev–Trinajstić information content (AvgIpc) is 2.26. The summed E-state index contributed by atoms with van der Waals surface area (Å²) >= 11 is 0. The molecule has 1 aromatic carbocycles. The standard InChI is InChI=1S/C11H9F6NO/c12-10(13,14)6-18-5-9(19)7-3-1-2-4-8(7)11(15,16)17/h1-4,18H,5-6H2. The van der Waals surface area contributed by atoms with E-state index in [1.807, 2.05) is 0 Å². The minimum Gasteiger partial charge on any atom is -0.302 e. The van der Waals surface area contributed by atoms with Gasteiger partial charge in [0.05, 0.1) is 18.7 Å². The van der Waals surface area contributed by atoms with Crippen LogP contribution in [0.2, 0.25) is 0 Å². The first kappa shape index (κ1) is 15.5. The van der Waals surface area contributed by atoms with Crippen molar-refractivity contribution in [3.63, 3.8) is 0 Å². The Morgan fingerprint density at radius 3 is 2.16 bits per heavy atom. The number of hydrogen-bond acceptors (Lipinski definition) is 2. The molecule has 0 amide bonds.